The number of carbonyl (C=O) groups is 1. The van der Waals surface area contributed by atoms with Crippen molar-refractivity contribution < 1.29 is 23.1 Å². The molecule has 4 N–H and O–H groups in total. The summed E-state index contributed by atoms with van der Waals surface area (Å²) in [7, 11) is 0. The van der Waals surface area contributed by atoms with Crippen LogP contribution < -0.4 is 16.3 Å². The number of aliphatic hydroxyl groups excluding tert-OH is 1. The van der Waals surface area contributed by atoms with Crippen molar-refractivity contribution in [1.82, 2.24) is 14.9 Å². The molecule has 0 spiro atoms. The number of imidazole rings is 1. The summed E-state index contributed by atoms with van der Waals surface area (Å²) in [5.74, 6) is -0.838. The number of nitrogens with zero attached hydrogens (tertiary/aromatic N) is 2. The number of aryl methyl sites for hydroxylation is 1. The molecule has 0 radical (unpaired) electrons. The smallest absolute Gasteiger partial charge is 0.396 e. The summed E-state index contributed by atoms with van der Waals surface area (Å²) in [6.07, 6.45) is -4.30. The third-order valence-corrected chi connectivity index (χ3v) is 5.89. The molecule has 1 aromatic heterocycles. The molecule has 4 rings (SSSR count). The number of anilines is 1. The summed E-state index contributed by atoms with van der Waals surface area (Å²) in [5.41, 5.74) is -0.0465. The minimum absolute atomic E-state index is 0.103. The number of carbonyl (C=O) groups excluding carboxylic acids is 1. The first-order valence-electron chi connectivity index (χ1n) is 11.1. The van der Waals surface area contributed by atoms with Gasteiger partial charge in [0.1, 0.15) is 0 Å². The Morgan fingerprint density at radius 3 is 2.51 bits per heavy atom. The molecule has 37 heavy (non-hydrogen) atoms. The van der Waals surface area contributed by atoms with Crippen molar-refractivity contribution in [2.45, 2.75) is 19.1 Å². The Bertz CT molecular complexity index is 1510. The molecule has 0 saturated carbocycles. The number of fused-ring (bicyclic) bond motifs is 1. The highest BCUT2D eigenvalue weighted by molar-refractivity contribution is 9.10. The highest BCUT2D eigenvalue weighted by atomic mass is 79.9. The maximum Gasteiger partial charge on any atom is 0.418 e. The number of aromatic nitrogens is 2. The van der Waals surface area contributed by atoms with E-state index in [4.69, 9.17) is 5.11 Å². The van der Waals surface area contributed by atoms with Gasteiger partial charge in [0.15, 0.2) is 0 Å². The minimum atomic E-state index is -4.66. The predicted octanol–water partition coefficient (Wildman–Crippen LogP) is 5.02. The summed E-state index contributed by atoms with van der Waals surface area (Å²) in [6.45, 7) is 0.160. The molecule has 0 aliphatic rings. The third-order valence-electron chi connectivity index (χ3n) is 5.36. The molecule has 0 atom stereocenters. The van der Waals surface area contributed by atoms with Gasteiger partial charge in [0.25, 0.3) is 5.91 Å². The Balaban J connectivity index is 1.74. The van der Waals surface area contributed by atoms with E-state index in [2.05, 4.69) is 36.5 Å². The average Bonchev–Trinajstić information content (AvgIpc) is 3.16. The Morgan fingerprint density at radius 2 is 1.81 bits per heavy atom. The molecule has 0 aliphatic carbocycles. The van der Waals surface area contributed by atoms with Crippen LogP contribution in [-0.4, -0.2) is 33.1 Å². The molecule has 0 saturated heterocycles. The van der Waals surface area contributed by atoms with Crippen LogP contribution in [0, 0.1) is 0 Å². The number of hydrogen-bond donors (Lipinski definition) is 4. The summed E-state index contributed by atoms with van der Waals surface area (Å²) in [5, 5.41) is 14.5. The monoisotopic (exact) mass is 575 g/mol. The van der Waals surface area contributed by atoms with Crippen molar-refractivity contribution in [1.29, 1.82) is 0 Å². The van der Waals surface area contributed by atoms with Crippen LogP contribution in [0.25, 0.3) is 11.0 Å². The molecule has 4 aromatic rings. The van der Waals surface area contributed by atoms with Gasteiger partial charge in [-0.2, -0.15) is 13.2 Å². The molecule has 0 aliphatic heterocycles. The topological polar surface area (TPSA) is 112 Å². The van der Waals surface area contributed by atoms with Gasteiger partial charge in [-0.1, -0.05) is 28.1 Å². The van der Waals surface area contributed by atoms with Crippen LogP contribution in [0.4, 0.5) is 24.5 Å². The molecule has 1 heterocycles. The average molecular weight is 576 g/mol. The van der Waals surface area contributed by atoms with Crippen LogP contribution in [0.15, 0.2) is 81.0 Å². The van der Waals surface area contributed by atoms with Crippen molar-refractivity contribution in [3.8, 4) is 0 Å². The molecule has 3 aromatic carbocycles. The van der Waals surface area contributed by atoms with Gasteiger partial charge in [0.05, 0.1) is 22.3 Å². The van der Waals surface area contributed by atoms with Gasteiger partial charge in [0.2, 0.25) is 5.96 Å². The van der Waals surface area contributed by atoms with E-state index in [9.17, 15) is 22.8 Å². The molecule has 1 amide bonds. The number of aromatic amines is 1. The lowest BCUT2D eigenvalue weighted by atomic mass is 10.2. The molecule has 0 bridgehead atoms. The summed E-state index contributed by atoms with van der Waals surface area (Å²) >= 11 is 3.29. The van der Waals surface area contributed by atoms with Crippen LogP contribution in [-0.2, 0) is 12.7 Å². The number of H-pyrrole nitrogens is 1. The molecule has 12 heteroatoms. The van der Waals surface area contributed by atoms with E-state index < -0.39 is 23.3 Å². The quantitative estimate of drug-likeness (QED) is 0.191. The largest absolute Gasteiger partial charge is 0.418 e. The molecule has 8 nitrogen and oxygen atoms in total. The van der Waals surface area contributed by atoms with Crippen LogP contribution in [0.2, 0.25) is 0 Å². The van der Waals surface area contributed by atoms with Gasteiger partial charge in [-0.25, -0.2) is 9.79 Å². The zero-order valence-corrected chi connectivity index (χ0v) is 20.7. The van der Waals surface area contributed by atoms with E-state index in [1.54, 1.807) is 42.5 Å². The van der Waals surface area contributed by atoms with Gasteiger partial charge >= 0.3 is 11.9 Å². The Morgan fingerprint density at radius 1 is 1.08 bits per heavy atom. The molecular weight excluding hydrogens is 555 g/mol. The summed E-state index contributed by atoms with van der Waals surface area (Å²) in [4.78, 5) is 32.0. The molecule has 192 valence electrons. The molecule has 0 fully saturated rings. The van der Waals surface area contributed by atoms with Crippen molar-refractivity contribution in [3.05, 3.63) is 92.8 Å². The number of amides is 1. The van der Waals surface area contributed by atoms with E-state index in [0.717, 1.165) is 10.5 Å². The summed E-state index contributed by atoms with van der Waals surface area (Å²) in [6, 6.07) is 16.0. The van der Waals surface area contributed by atoms with Crippen molar-refractivity contribution >= 4 is 50.2 Å². The fourth-order valence-electron chi connectivity index (χ4n) is 3.62. The minimum Gasteiger partial charge on any atom is -0.396 e. The van der Waals surface area contributed by atoms with Crippen LogP contribution in [0.5, 0.6) is 0 Å². The van der Waals surface area contributed by atoms with Gasteiger partial charge in [-0.15, -0.1) is 0 Å². The van der Waals surface area contributed by atoms with E-state index in [0.29, 0.717) is 23.1 Å². The van der Waals surface area contributed by atoms with E-state index in [1.165, 1.54) is 22.8 Å². The number of para-hydroxylation sites is 1. The number of hydrogen-bond acceptors (Lipinski definition) is 4. The lowest BCUT2D eigenvalue weighted by Gasteiger charge is -2.14. The van der Waals surface area contributed by atoms with Crippen molar-refractivity contribution in [2.75, 3.05) is 11.9 Å². The SMILES string of the molecule is O=C(NC(=Nc1ccccc1C(F)(F)F)Nc1ccc2[nH]c(=O)n(CCCO)c2c1)c1ccc(Br)cc1. The first-order chi connectivity index (χ1) is 17.7. The lowest BCUT2D eigenvalue weighted by Crippen LogP contribution is -2.36. The molecule has 0 unspecified atom stereocenters. The van der Waals surface area contributed by atoms with E-state index in [-0.39, 0.29) is 30.4 Å². The highest BCUT2D eigenvalue weighted by Gasteiger charge is 2.33. The van der Waals surface area contributed by atoms with Gasteiger partial charge in [-0.05, 0) is 61.0 Å². The van der Waals surface area contributed by atoms with Gasteiger partial charge in [0, 0.05) is 28.9 Å². The number of nitrogens with one attached hydrogen (secondary N) is 3. The van der Waals surface area contributed by atoms with E-state index in [1.807, 2.05) is 0 Å². The second-order valence-electron chi connectivity index (χ2n) is 7.95. The van der Waals surface area contributed by atoms with Crippen LogP contribution in [0.1, 0.15) is 22.3 Å². The number of alkyl halides is 3. The lowest BCUT2D eigenvalue weighted by molar-refractivity contribution is -0.137. The Labute approximate surface area is 217 Å². The first kappa shape index (κ1) is 26.2. The number of aliphatic hydroxyl groups is 1. The molecular formula is C25H21BrF3N5O3. The highest BCUT2D eigenvalue weighted by Crippen LogP contribution is 2.36. The normalized spacial score (nSPS) is 12.1. The Hall–Kier alpha value is -3.90. The number of aliphatic imine (C=N–C) groups is 1. The van der Waals surface area contributed by atoms with Gasteiger partial charge < -0.3 is 15.4 Å². The van der Waals surface area contributed by atoms with Crippen LogP contribution in [0.3, 0.4) is 0 Å². The van der Waals surface area contributed by atoms with Crippen molar-refractivity contribution in [3.63, 3.8) is 0 Å². The third kappa shape index (κ3) is 6.27. The second kappa shape index (κ2) is 11.0. The second-order valence-corrected chi connectivity index (χ2v) is 8.87. The maximum absolute atomic E-state index is 13.6. The standard InChI is InChI=1S/C25H21BrF3N5O3/c26-16-8-6-15(7-9-16)22(36)33-23(31-19-5-2-1-4-18(19)25(27,28)29)30-17-10-11-20-21(14-17)34(12-3-13-35)24(37)32-20/h1-2,4-11,14,35H,3,12-13H2,(H,32,37)(H2,30,31,33,36). The number of halogens is 4. The maximum atomic E-state index is 13.6. The number of guanidine groups is 1. The zero-order chi connectivity index (χ0) is 26.6. The Kier molecular flexibility index (Phi) is 7.79. The first-order valence-corrected chi connectivity index (χ1v) is 11.9. The fourth-order valence-corrected chi connectivity index (χ4v) is 3.88. The van der Waals surface area contributed by atoms with Gasteiger partial charge in [-0.3, -0.25) is 14.7 Å². The fraction of sp³-hybridized carbons (Fsp3) is 0.160. The van der Waals surface area contributed by atoms with Crippen molar-refractivity contribution in [2.24, 2.45) is 4.99 Å². The zero-order valence-electron chi connectivity index (χ0n) is 19.1. The summed E-state index contributed by atoms with van der Waals surface area (Å²) < 4.78 is 42.9. The number of rotatable bonds is 6. The van der Waals surface area contributed by atoms with Crippen LogP contribution >= 0.6 is 15.9 Å². The number of benzene rings is 3. The van der Waals surface area contributed by atoms with E-state index >= 15 is 0 Å². The predicted molar refractivity (Wildman–Crippen MR) is 138 cm³/mol.